The highest BCUT2D eigenvalue weighted by Crippen LogP contribution is 2.44. The predicted octanol–water partition coefficient (Wildman–Crippen LogP) is 5.55. The Morgan fingerprint density at radius 3 is 2.46 bits per heavy atom. The minimum absolute atomic E-state index is 0.123. The van der Waals surface area contributed by atoms with Gasteiger partial charge in [0.1, 0.15) is 5.82 Å². The number of carbonyl (C=O) groups excluding carboxylic acids is 1. The summed E-state index contributed by atoms with van der Waals surface area (Å²) in [5.41, 5.74) is 2.72. The first kappa shape index (κ1) is 19.9. The summed E-state index contributed by atoms with van der Waals surface area (Å²) < 4.78 is 18.5. The average molecular weight is 417 g/mol. The second-order valence-electron chi connectivity index (χ2n) is 6.13. The molecule has 3 rings (SSSR count). The SMILES string of the molecule is [C-]#[N+]C1=C(c2ccc(Cl)cc2)NC(C)=C(C(=O)OC)C1c1ccc(F)cc1Cl. The van der Waals surface area contributed by atoms with Crippen LogP contribution in [0.3, 0.4) is 0 Å². The Morgan fingerprint density at radius 1 is 1.21 bits per heavy atom. The lowest BCUT2D eigenvalue weighted by Gasteiger charge is -2.30. The van der Waals surface area contributed by atoms with Crippen LogP contribution in [0.25, 0.3) is 10.5 Å². The fourth-order valence-electron chi connectivity index (χ4n) is 3.19. The molecule has 28 heavy (non-hydrogen) atoms. The summed E-state index contributed by atoms with van der Waals surface area (Å²) in [7, 11) is 1.27. The highest BCUT2D eigenvalue weighted by molar-refractivity contribution is 6.31. The normalized spacial score (nSPS) is 16.5. The van der Waals surface area contributed by atoms with Gasteiger partial charge >= 0.3 is 5.97 Å². The lowest BCUT2D eigenvalue weighted by atomic mass is 9.83. The molecule has 1 aliphatic rings. The molecule has 0 spiro atoms. The standard InChI is InChI=1S/C21H15Cl2FN2O2/c1-11-17(21(27)28-3)18(15-9-8-14(24)10-16(15)23)20(25-2)19(26-11)12-4-6-13(22)7-5-12/h4-10,18,26H,1,3H3. The quantitative estimate of drug-likeness (QED) is 0.526. The van der Waals surface area contributed by atoms with Gasteiger partial charge in [0.2, 0.25) is 5.70 Å². The number of methoxy groups -OCH3 is 1. The van der Waals surface area contributed by atoms with Crippen LogP contribution in [0.5, 0.6) is 0 Å². The number of carbonyl (C=O) groups is 1. The Bertz CT molecular complexity index is 1050. The number of ether oxygens (including phenoxy) is 1. The van der Waals surface area contributed by atoms with E-state index in [9.17, 15) is 9.18 Å². The Hall–Kier alpha value is -2.81. The molecule has 4 nitrogen and oxygen atoms in total. The van der Waals surface area contributed by atoms with Gasteiger partial charge in [0, 0.05) is 21.4 Å². The van der Waals surface area contributed by atoms with E-state index in [-0.39, 0.29) is 16.3 Å². The van der Waals surface area contributed by atoms with Gasteiger partial charge in [-0.15, -0.1) is 0 Å². The molecule has 1 heterocycles. The third-order valence-electron chi connectivity index (χ3n) is 4.47. The van der Waals surface area contributed by atoms with E-state index in [0.29, 0.717) is 22.0 Å². The Morgan fingerprint density at radius 2 is 1.89 bits per heavy atom. The number of allylic oxidation sites excluding steroid dienone is 2. The number of nitrogens with zero attached hydrogens (tertiary/aromatic N) is 1. The zero-order chi connectivity index (χ0) is 20.4. The second kappa shape index (κ2) is 8.05. The highest BCUT2D eigenvalue weighted by atomic mass is 35.5. The summed E-state index contributed by atoms with van der Waals surface area (Å²) in [6.07, 6.45) is 0. The molecular formula is C21H15Cl2FN2O2. The van der Waals surface area contributed by atoms with Gasteiger partial charge in [0.25, 0.3) is 0 Å². The van der Waals surface area contributed by atoms with Crippen LogP contribution in [0.1, 0.15) is 24.0 Å². The lowest BCUT2D eigenvalue weighted by Crippen LogP contribution is -2.28. The predicted molar refractivity (Wildman–Crippen MR) is 107 cm³/mol. The minimum Gasteiger partial charge on any atom is -0.466 e. The van der Waals surface area contributed by atoms with Crippen LogP contribution in [0.2, 0.25) is 10.0 Å². The summed E-state index contributed by atoms with van der Waals surface area (Å²) >= 11 is 12.3. The van der Waals surface area contributed by atoms with E-state index < -0.39 is 17.7 Å². The number of esters is 1. The van der Waals surface area contributed by atoms with Crippen LogP contribution in [0, 0.1) is 12.4 Å². The van der Waals surface area contributed by atoms with Crippen LogP contribution in [-0.2, 0) is 9.53 Å². The first-order chi connectivity index (χ1) is 13.4. The van der Waals surface area contributed by atoms with Gasteiger partial charge in [-0.3, -0.25) is 0 Å². The molecule has 0 aromatic heterocycles. The number of hydrogen-bond donors (Lipinski definition) is 1. The summed E-state index contributed by atoms with van der Waals surface area (Å²) in [6.45, 7) is 9.49. The third kappa shape index (κ3) is 3.62. The zero-order valence-electron chi connectivity index (χ0n) is 15.0. The zero-order valence-corrected chi connectivity index (χ0v) is 16.5. The second-order valence-corrected chi connectivity index (χ2v) is 6.98. The van der Waals surface area contributed by atoms with E-state index in [2.05, 4.69) is 10.2 Å². The highest BCUT2D eigenvalue weighted by Gasteiger charge is 2.37. The molecule has 2 aromatic carbocycles. The fourth-order valence-corrected chi connectivity index (χ4v) is 3.60. The van der Waals surface area contributed by atoms with Gasteiger partial charge in [0.15, 0.2) is 0 Å². The van der Waals surface area contributed by atoms with Crippen LogP contribution < -0.4 is 5.32 Å². The van der Waals surface area contributed by atoms with Gasteiger partial charge in [-0.2, -0.15) is 0 Å². The maximum absolute atomic E-state index is 13.6. The molecule has 7 heteroatoms. The van der Waals surface area contributed by atoms with Crippen molar-refractivity contribution in [1.29, 1.82) is 0 Å². The number of halogens is 3. The van der Waals surface area contributed by atoms with Crippen LogP contribution in [0.4, 0.5) is 4.39 Å². The van der Waals surface area contributed by atoms with Crippen molar-refractivity contribution in [2.75, 3.05) is 7.11 Å². The molecule has 0 radical (unpaired) electrons. The molecule has 142 valence electrons. The van der Waals surface area contributed by atoms with E-state index in [1.165, 1.54) is 19.2 Å². The van der Waals surface area contributed by atoms with E-state index >= 15 is 0 Å². The maximum atomic E-state index is 13.6. The summed E-state index contributed by atoms with van der Waals surface area (Å²) in [6, 6.07) is 10.9. The number of nitrogens with one attached hydrogen (secondary N) is 1. The van der Waals surface area contributed by atoms with Crippen molar-refractivity contribution in [3.63, 3.8) is 0 Å². The monoisotopic (exact) mass is 416 g/mol. The molecule has 0 bridgehead atoms. The largest absolute Gasteiger partial charge is 0.466 e. The van der Waals surface area contributed by atoms with Crippen molar-refractivity contribution < 1.29 is 13.9 Å². The summed E-state index contributed by atoms with van der Waals surface area (Å²) in [4.78, 5) is 16.2. The first-order valence-electron chi connectivity index (χ1n) is 8.26. The molecule has 0 amide bonds. The first-order valence-corrected chi connectivity index (χ1v) is 9.01. The van der Waals surface area contributed by atoms with E-state index in [0.717, 1.165) is 11.6 Å². The molecule has 0 saturated carbocycles. The number of benzene rings is 2. The van der Waals surface area contributed by atoms with Crippen molar-refractivity contribution in [2.45, 2.75) is 12.8 Å². The molecule has 1 atom stereocenters. The van der Waals surface area contributed by atoms with Gasteiger partial charge in [-0.25, -0.2) is 14.0 Å². The van der Waals surface area contributed by atoms with Crippen molar-refractivity contribution >= 4 is 34.9 Å². The molecule has 0 fully saturated rings. The number of hydrogen-bond acceptors (Lipinski definition) is 3. The van der Waals surface area contributed by atoms with E-state index in [1.807, 2.05) is 0 Å². The van der Waals surface area contributed by atoms with Crippen molar-refractivity contribution in [3.05, 3.63) is 97.8 Å². The van der Waals surface area contributed by atoms with Gasteiger partial charge in [0.05, 0.1) is 25.2 Å². The van der Waals surface area contributed by atoms with Crippen LogP contribution in [0.15, 0.2) is 59.4 Å². The molecule has 2 aromatic rings. The van der Waals surface area contributed by atoms with Gasteiger partial charge < -0.3 is 10.1 Å². The van der Waals surface area contributed by atoms with Crippen molar-refractivity contribution in [2.24, 2.45) is 0 Å². The van der Waals surface area contributed by atoms with Crippen molar-refractivity contribution in [3.8, 4) is 0 Å². The van der Waals surface area contributed by atoms with E-state index in [4.69, 9.17) is 34.5 Å². The summed E-state index contributed by atoms with van der Waals surface area (Å²) in [5, 5.41) is 3.82. The van der Waals surface area contributed by atoms with E-state index in [1.54, 1.807) is 31.2 Å². The smallest absolute Gasteiger partial charge is 0.335 e. The average Bonchev–Trinajstić information content (AvgIpc) is 2.67. The van der Waals surface area contributed by atoms with Crippen molar-refractivity contribution in [1.82, 2.24) is 5.32 Å². The number of dihydropyridines is 1. The van der Waals surface area contributed by atoms with Gasteiger partial charge in [-0.1, -0.05) is 41.4 Å². The molecule has 1 N–H and O–H groups in total. The molecular weight excluding hydrogens is 402 g/mol. The molecule has 1 aliphatic heterocycles. The third-order valence-corrected chi connectivity index (χ3v) is 5.05. The van der Waals surface area contributed by atoms with Crippen LogP contribution >= 0.6 is 23.2 Å². The van der Waals surface area contributed by atoms with Gasteiger partial charge in [-0.05, 0) is 42.3 Å². The van der Waals surface area contributed by atoms with Crippen LogP contribution in [-0.4, -0.2) is 13.1 Å². The topological polar surface area (TPSA) is 42.7 Å². The summed E-state index contributed by atoms with van der Waals surface area (Å²) in [5.74, 6) is -1.90. The fraction of sp³-hybridized carbons (Fsp3) is 0.143. The Balaban J connectivity index is 2.28. The Labute approximate surface area is 172 Å². The minimum atomic E-state index is -0.801. The Kier molecular flexibility index (Phi) is 5.73. The number of rotatable bonds is 3. The lowest BCUT2D eigenvalue weighted by molar-refractivity contribution is -0.136. The molecule has 0 aliphatic carbocycles. The maximum Gasteiger partial charge on any atom is 0.335 e. The molecule has 0 saturated heterocycles. The molecule has 1 unspecified atom stereocenters.